The third-order valence-corrected chi connectivity index (χ3v) is 5.42. The monoisotopic (exact) mass is 418 g/mol. The second-order valence-electron chi connectivity index (χ2n) is 6.21. The van der Waals surface area contributed by atoms with Crippen molar-refractivity contribution < 1.29 is 4.74 Å². The number of nitrogens with one attached hydrogen (secondary N) is 1. The fourth-order valence-corrected chi connectivity index (χ4v) is 4.13. The first-order chi connectivity index (χ1) is 12.1. The topological polar surface area (TPSA) is 33.6 Å². The summed E-state index contributed by atoms with van der Waals surface area (Å²) in [5.41, 5.74) is 2.38. The maximum Gasteiger partial charge on any atom is 0.129 e. The first-order valence-corrected chi connectivity index (χ1v) is 10.4. The van der Waals surface area contributed by atoms with E-state index in [-0.39, 0.29) is 6.10 Å². The van der Waals surface area contributed by atoms with Crippen LogP contribution in [0.15, 0.2) is 56.8 Å². The fraction of sp³-hybridized carbons (Fsp3) is 0.350. The Hall–Kier alpha value is -1.46. The van der Waals surface area contributed by atoms with E-state index in [1.54, 1.807) is 0 Å². The molecule has 0 spiro atoms. The molecule has 2 aromatic carbocycles. The predicted molar refractivity (Wildman–Crippen MR) is 110 cm³/mol. The van der Waals surface area contributed by atoms with Crippen molar-refractivity contribution in [2.24, 2.45) is 4.99 Å². The number of thioether (sulfide) groups is 1. The fourth-order valence-electron chi connectivity index (χ4n) is 2.69. The molecule has 1 aliphatic heterocycles. The lowest BCUT2D eigenvalue weighted by atomic mass is 10.2. The van der Waals surface area contributed by atoms with Gasteiger partial charge in [0.25, 0.3) is 0 Å². The van der Waals surface area contributed by atoms with Crippen molar-refractivity contribution in [2.45, 2.75) is 37.0 Å². The molecule has 1 heterocycles. The van der Waals surface area contributed by atoms with Crippen molar-refractivity contribution in [2.75, 3.05) is 13.1 Å². The van der Waals surface area contributed by atoms with Gasteiger partial charge in [-0.2, -0.15) is 0 Å². The van der Waals surface area contributed by atoms with Crippen LogP contribution in [0.4, 0.5) is 0 Å². The standard InChI is InChI=1S/C20H23BrN2OS/c1-14(2)24-18-9-8-16(21)12-15(18)13-25-19-7-4-3-6-17(19)20-22-10-5-11-23-20/h3-4,6-9,12,14H,5,10-11,13H2,1-2H3,(H,22,23). The molecule has 5 heteroatoms. The van der Waals surface area contributed by atoms with Gasteiger partial charge < -0.3 is 10.1 Å². The quantitative estimate of drug-likeness (QED) is 0.648. The molecule has 2 aromatic rings. The molecule has 132 valence electrons. The van der Waals surface area contributed by atoms with Gasteiger partial charge in [0.05, 0.1) is 6.10 Å². The summed E-state index contributed by atoms with van der Waals surface area (Å²) in [6.45, 7) is 6.01. The van der Waals surface area contributed by atoms with Crippen molar-refractivity contribution in [3.05, 3.63) is 58.1 Å². The van der Waals surface area contributed by atoms with Gasteiger partial charge in [-0.3, -0.25) is 4.99 Å². The van der Waals surface area contributed by atoms with Gasteiger partial charge in [0.2, 0.25) is 0 Å². The summed E-state index contributed by atoms with van der Waals surface area (Å²) in [5, 5.41) is 3.43. The Morgan fingerprint density at radius 2 is 2.08 bits per heavy atom. The lowest BCUT2D eigenvalue weighted by Gasteiger charge is -2.18. The van der Waals surface area contributed by atoms with Gasteiger partial charge in [0.15, 0.2) is 0 Å². The third-order valence-electron chi connectivity index (χ3n) is 3.81. The average Bonchev–Trinajstić information content (AvgIpc) is 2.62. The summed E-state index contributed by atoms with van der Waals surface area (Å²) < 4.78 is 7.04. The number of hydrogen-bond acceptors (Lipinski definition) is 4. The van der Waals surface area contributed by atoms with Crippen LogP contribution in [-0.2, 0) is 5.75 Å². The van der Waals surface area contributed by atoms with Crippen LogP contribution in [0.3, 0.4) is 0 Å². The molecule has 3 nitrogen and oxygen atoms in total. The highest BCUT2D eigenvalue weighted by molar-refractivity contribution is 9.10. The summed E-state index contributed by atoms with van der Waals surface area (Å²) in [7, 11) is 0. The van der Waals surface area contributed by atoms with Crippen LogP contribution < -0.4 is 10.1 Å². The highest BCUT2D eigenvalue weighted by Crippen LogP contribution is 2.32. The normalized spacial score (nSPS) is 14.2. The minimum Gasteiger partial charge on any atom is -0.491 e. The smallest absolute Gasteiger partial charge is 0.129 e. The molecule has 0 amide bonds. The number of ether oxygens (including phenoxy) is 1. The van der Waals surface area contributed by atoms with E-state index in [1.165, 1.54) is 16.0 Å². The number of rotatable bonds is 6. The van der Waals surface area contributed by atoms with Crippen LogP contribution in [0.5, 0.6) is 5.75 Å². The summed E-state index contributed by atoms with van der Waals surface area (Å²) in [6.07, 6.45) is 1.27. The second-order valence-corrected chi connectivity index (χ2v) is 8.15. The third kappa shape index (κ3) is 5.02. The van der Waals surface area contributed by atoms with Crippen LogP contribution in [0.25, 0.3) is 0 Å². The molecule has 0 saturated heterocycles. The van der Waals surface area contributed by atoms with Crippen molar-refractivity contribution in [3.63, 3.8) is 0 Å². The van der Waals surface area contributed by atoms with E-state index in [2.05, 4.69) is 70.4 Å². The van der Waals surface area contributed by atoms with E-state index >= 15 is 0 Å². The van der Waals surface area contributed by atoms with Crippen LogP contribution in [0.1, 0.15) is 31.4 Å². The Balaban J connectivity index is 1.80. The molecule has 0 unspecified atom stereocenters. The maximum atomic E-state index is 5.97. The van der Waals surface area contributed by atoms with E-state index in [1.807, 2.05) is 23.9 Å². The molecule has 0 fully saturated rings. The van der Waals surface area contributed by atoms with Crippen molar-refractivity contribution in [1.82, 2.24) is 5.32 Å². The van der Waals surface area contributed by atoms with Gasteiger partial charge in [0, 0.05) is 39.3 Å². The van der Waals surface area contributed by atoms with E-state index in [9.17, 15) is 0 Å². The van der Waals surface area contributed by atoms with Gasteiger partial charge in [-0.1, -0.05) is 34.1 Å². The SMILES string of the molecule is CC(C)Oc1ccc(Br)cc1CSc1ccccc1C1=NCCCN1. The number of halogens is 1. The zero-order valence-corrected chi connectivity index (χ0v) is 17.0. The van der Waals surface area contributed by atoms with Crippen LogP contribution in [0, 0.1) is 0 Å². The molecule has 0 aliphatic carbocycles. The number of amidine groups is 1. The van der Waals surface area contributed by atoms with Gasteiger partial charge in [-0.25, -0.2) is 0 Å². The Morgan fingerprint density at radius 3 is 2.84 bits per heavy atom. The Kier molecular flexibility index (Phi) is 6.43. The predicted octanol–water partition coefficient (Wildman–Crippen LogP) is 5.27. The molecule has 25 heavy (non-hydrogen) atoms. The second kappa shape index (κ2) is 8.77. The van der Waals surface area contributed by atoms with Crippen molar-refractivity contribution in [3.8, 4) is 5.75 Å². The highest BCUT2D eigenvalue weighted by atomic mass is 79.9. The number of aliphatic imine (C=N–C) groups is 1. The van der Waals surface area contributed by atoms with Crippen LogP contribution >= 0.6 is 27.7 Å². The van der Waals surface area contributed by atoms with E-state index in [0.717, 1.165) is 41.3 Å². The first kappa shape index (κ1) is 18.3. The lowest BCUT2D eigenvalue weighted by molar-refractivity contribution is 0.240. The van der Waals surface area contributed by atoms with Crippen LogP contribution in [0.2, 0.25) is 0 Å². The molecule has 0 bridgehead atoms. The van der Waals surface area contributed by atoms with Gasteiger partial charge >= 0.3 is 0 Å². The van der Waals surface area contributed by atoms with E-state index in [4.69, 9.17) is 4.74 Å². The number of hydrogen-bond donors (Lipinski definition) is 1. The molecule has 0 saturated carbocycles. The Morgan fingerprint density at radius 1 is 1.24 bits per heavy atom. The number of benzene rings is 2. The maximum absolute atomic E-state index is 5.97. The summed E-state index contributed by atoms with van der Waals surface area (Å²) in [4.78, 5) is 5.89. The zero-order valence-electron chi connectivity index (χ0n) is 14.6. The molecule has 0 atom stereocenters. The molecular formula is C20H23BrN2OS. The minimum absolute atomic E-state index is 0.165. The Labute approximate surface area is 162 Å². The molecule has 1 N–H and O–H groups in total. The van der Waals surface area contributed by atoms with Gasteiger partial charge in [-0.15, -0.1) is 11.8 Å². The highest BCUT2D eigenvalue weighted by Gasteiger charge is 2.13. The molecule has 0 radical (unpaired) electrons. The first-order valence-electron chi connectivity index (χ1n) is 8.59. The largest absolute Gasteiger partial charge is 0.491 e. The minimum atomic E-state index is 0.165. The van der Waals surface area contributed by atoms with Crippen molar-refractivity contribution in [1.29, 1.82) is 0 Å². The summed E-state index contributed by atoms with van der Waals surface area (Å²) in [6, 6.07) is 14.7. The van der Waals surface area contributed by atoms with Crippen LogP contribution in [-0.4, -0.2) is 25.0 Å². The van der Waals surface area contributed by atoms with Gasteiger partial charge in [-0.05, 0) is 44.5 Å². The Bertz CT molecular complexity index is 761. The molecule has 1 aliphatic rings. The molecule has 3 rings (SSSR count). The van der Waals surface area contributed by atoms with Gasteiger partial charge in [0.1, 0.15) is 11.6 Å². The molecular weight excluding hydrogens is 396 g/mol. The summed E-state index contributed by atoms with van der Waals surface area (Å²) >= 11 is 5.39. The average molecular weight is 419 g/mol. The van der Waals surface area contributed by atoms with Crippen molar-refractivity contribution >= 4 is 33.5 Å². The zero-order chi connectivity index (χ0) is 17.6. The van der Waals surface area contributed by atoms with E-state index in [0.29, 0.717) is 0 Å². The lowest BCUT2D eigenvalue weighted by Crippen LogP contribution is -2.30. The van der Waals surface area contributed by atoms with E-state index < -0.39 is 0 Å². The summed E-state index contributed by atoms with van der Waals surface area (Å²) in [5.74, 6) is 2.82. The molecule has 0 aromatic heterocycles. The number of nitrogens with zero attached hydrogens (tertiary/aromatic N) is 1.